The number of nitrogens with one attached hydrogen (secondary N) is 1. The smallest absolute Gasteiger partial charge is 0.272 e. The molecule has 2 aliphatic rings. The molecule has 3 rings (SSSR count). The molecule has 0 unspecified atom stereocenters. The minimum absolute atomic E-state index is 0.0665. The fourth-order valence-electron chi connectivity index (χ4n) is 2.67. The summed E-state index contributed by atoms with van der Waals surface area (Å²) in [7, 11) is 0. The fraction of sp³-hybridized carbons (Fsp3) is 0.500. The first-order valence-corrected chi connectivity index (χ1v) is 5.78. The van der Waals surface area contributed by atoms with E-state index >= 15 is 0 Å². The zero-order valence-electron chi connectivity index (χ0n) is 9.10. The van der Waals surface area contributed by atoms with Gasteiger partial charge < -0.3 is 10.2 Å². The Morgan fingerprint density at radius 3 is 3.12 bits per heavy atom. The van der Waals surface area contributed by atoms with Gasteiger partial charge in [0.25, 0.3) is 5.91 Å². The first-order chi connectivity index (χ1) is 7.84. The van der Waals surface area contributed by atoms with Gasteiger partial charge in [0.05, 0.1) is 0 Å². The highest BCUT2D eigenvalue weighted by molar-refractivity contribution is 5.92. The highest BCUT2D eigenvalue weighted by Crippen LogP contribution is 2.25. The molecule has 1 aromatic heterocycles. The van der Waals surface area contributed by atoms with Crippen LogP contribution in [0.3, 0.4) is 0 Å². The van der Waals surface area contributed by atoms with Crippen LogP contribution in [0, 0.1) is 5.92 Å². The maximum atomic E-state index is 12.1. The highest BCUT2D eigenvalue weighted by Gasteiger charge is 2.38. The molecule has 3 heterocycles. The van der Waals surface area contributed by atoms with E-state index in [4.69, 9.17) is 0 Å². The van der Waals surface area contributed by atoms with Crippen LogP contribution in [0.15, 0.2) is 24.4 Å². The van der Waals surface area contributed by atoms with E-state index < -0.39 is 0 Å². The topological polar surface area (TPSA) is 45.2 Å². The zero-order valence-corrected chi connectivity index (χ0v) is 9.10. The first-order valence-electron chi connectivity index (χ1n) is 5.78. The lowest BCUT2D eigenvalue weighted by Gasteiger charge is -2.16. The lowest BCUT2D eigenvalue weighted by Crippen LogP contribution is -2.34. The van der Waals surface area contributed by atoms with Crippen LogP contribution in [-0.4, -0.2) is 41.5 Å². The second kappa shape index (κ2) is 3.87. The van der Waals surface area contributed by atoms with Crippen molar-refractivity contribution in [3.63, 3.8) is 0 Å². The molecule has 16 heavy (non-hydrogen) atoms. The largest absolute Gasteiger partial charge is 0.335 e. The number of hydrogen-bond donors (Lipinski definition) is 1. The van der Waals surface area contributed by atoms with Gasteiger partial charge in [0.1, 0.15) is 5.69 Å². The zero-order chi connectivity index (χ0) is 11.0. The minimum Gasteiger partial charge on any atom is -0.335 e. The Kier molecular flexibility index (Phi) is 2.36. The summed E-state index contributed by atoms with van der Waals surface area (Å²) < 4.78 is 0. The Morgan fingerprint density at radius 1 is 1.44 bits per heavy atom. The maximum Gasteiger partial charge on any atom is 0.272 e. The summed E-state index contributed by atoms with van der Waals surface area (Å²) in [5.74, 6) is 0.712. The van der Waals surface area contributed by atoms with Crippen LogP contribution in [0.25, 0.3) is 0 Å². The van der Waals surface area contributed by atoms with E-state index in [0.29, 0.717) is 17.7 Å². The van der Waals surface area contributed by atoms with E-state index in [2.05, 4.69) is 10.3 Å². The normalized spacial score (nSPS) is 28.1. The van der Waals surface area contributed by atoms with Crippen LogP contribution in [0.1, 0.15) is 16.9 Å². The molecule has 2 atom stereocenters. The number of pyridine rings is 1. The Hall–Kier alpha value is -1.42. The van der Waals surface area contributed by atoms with E-state index in [1.54, 1.807) is 12.3 Å². The predicted molar refractivity (Wildman–Crippen MR) is 60.0 cm³/mol. The second-order valence-corrected chi connectivity index (χ2v) is 4.53. The van der Waals surface area contributed by atoms with Crippen molar-refractivity contribution in [2.45, 2.75) is 12.5 Å². The van der Waals surface area contributed by atoms with Gasteiger partial charge in [0.15, 0.2) is 0 Å². The van der Waals surface area contributed by atoms with Gasteiger partial charge in [-0.1, -0.05) is 6.07 Å². The molecule has 2 fully saturated rings. The van der Waals surface area contributed by atoms with Crippen molar-refractivity contribution < 1.29 is 4.79 Å². The number of hydrogen-bond acceptors (Lipinski definition) is 3. The molecule has 4 nitrogen and oxygen atoms in total. The molecule has 0 spiro atoms. The number of aromatic nitrogens is 1. The number of likely N-dealkylation sites (tertiary alicyclic amines) is 1. The summed E-state index contributed by atoms with van der Waals surface area (Å²) >= 11 is 0. The molecule has 0 bridgehead atoms. The van der Waals surface area contributed by atoms with Crippen LogP contribution in [0.5, 0.6) is 0 Å². The van der Waals surface area contributed by atoms with Gasteiger partial charge in [0.2, 0.25) is 0 Å². The third-order valence-corrected chi connectivity index (χ3v) is 3.53. The van der Waals surface area contributed by atoms with Crippen molar-refractivity contribution in [1.82, 2.24) is 15.2 Å². The Balaban J connectivity index is 1.73. The molecule has 1 aromatic rings. The maximum absolute atomic E-state index is 12.1. The van der Waals surface area contributed by atoms with Crippen molar-refractivity contribution in [1.29, 1.82) is 0 Å². The monoisotopic (exact) mass is 217 g/mol. The number of amides is 1. The predicted octanol–water partition coefficient (Wildman–Crippen LogP) is 0.515. The fourth-order valence-corrected chi connectivity index (χ4v) is 2.67. The van der Waals surface area contributed by atoms with Gasteiger partial charge in [-0.05, 0) is 31.0 Å². The van der Waals surface area contributed by atoms with Gasteiger partial charge in [-0.3, -0.25) is 9.78 Å². The van der Waals surface area contributed by atoms with Crippen molar-refractivity contribution in [2.75, 3.05) is 19.6 Å². The molecule has 1 N–H and O–H groups in total. The number of fused-ring (bicyclic) bond motifs is 1. The first kappa shape index (κ1) is 9.78. The highest BCUT2D eigenvalue weighted by atomic mass is 16.2. The standard InChI is InChI=1S/C12H15N3O/c16-12(10-3-1-2-5-13-10)15-7-9-4-6-14-11(9)8-15/h1-3,5,9,11,14H,4,6-8H2/t9-,11+/m0/s1. The number of carbonyl (C=O) groups excluding carboxylic acids is 1. The van der Waals surface area contributed by atoms with E-state index in [1.165, 1.54) is 6.42 Å². The van der Waals surface area contributed by atoms with Crippen LogP contribution in [-0.2, 0) is 0 Å². The van der Waals surface area contributed by atoms with Gasteiger partial charge in [0, 0.05) is 25.3 Å². The average Bonchev–Trinajstić information content (AvgIpc) is 2.89. The molecule has 2 aliphatic heterocycles. The third kappa shape index (κ3) is 1.59. The third-order valence-electron chi connectivity index (χ3n) is 3.53. The molecule has 0 radical (unpaired) electrons. The quantitative estimate of drug-likeness (QED) is 0.745. The summed E-state index contributed by atoms with van der Waals surface area (Å²) in [4.78, 5) is 18.1. The van der Waals surface area contributed by atoms with E-state index in [0.717, 1.165) is 19.6 Å². The Labute approximate surface area is 94.7 Å². The SMILES string of the molecule is O=C(c1ccccn1)N1C[C@@H]2CCN[C@@H]2C1. The van der Waals surface area contributed by atoms with E-state index in [1.807, 2.05) is 17.0 Å². The van der Waals surface area contributed by atoms with Crippen LogP contribution in [0.4, 0.5) is 0 Å². The number of nitrogens with zero attached hydrogens (tertiary/aromatic N) is 2. The van der Waals surface area contributed by atoms with E-state index in [-0.39, 0.29) is 5.91 Å². The lowest BCUT2D eigenvalue weighted by molar-refractivity contribution is 0.0777. The van der Waals surface area contributed by atoms with Gasteiger partial charge in [-0.2, -0.15) is 0 Å². The van der Waals surface area contributed by atoms with Crippen molar-refractivity contribution in [3.8, 4) is 0 Å². The summed E-state index contributed by atoms with van der Waals surface area (Å²) in [6, 6.07) is 5.98. The average molecular weight is 217 g/mol. The summed E-state index contributed by atoms with van der Waals surface area (Å²) in [5.41, 5.74) is 0.558. The van der Waals surface area contributed by atoms with Gasteiger partial charge in [-0.15, -0.1) is 0 Å². The van der Waals surface area contributed by atoms with Crippen molar-refractivity contribution >= 4 is 5.91 Å². The summed E-state index contributed by atoms with van der Waals surface area (Å²) in [5, 5.41) is 3.44. The Morgan fingerprint density at radius 2 is 2.38 bits per heavy atom. The number of carbonyl (C=O) groups is 1. The molecule has 4 heteroatoms. The molecular weight excluding hydrogens is 202 g/mol. The lowest BCUT2D eigenvalue weighted by atomic mass is 10.1. The molecule has 2 saturated heterocycles. The van der Waals surface area contributed by atoms with Crippen molar-refractivity contribution in [2.24, 2.45) is 5.92 Å². The number of rotatable bonds is 1. The minimum atomic E-state index is 0.0665. The summed E-state index contributed by atoms with van der Waals surface area (Å²) in [6.07, 6.45) is 2.86. The van der Waals surface area contributed by atoms with E-state index in [9.17, 15) is 4.79 Å². The molecular formula is C12H15N3O. The molecule has 84 valence electrons. The van der Waals surface area contributed by atoms with Crippen molar-refractivity contribution in [3.05, 3.63) is 30.1 Å². The summed E-state index contributed by atoms with van der Waals surface area (Å²) in [6.45, 7) is 2.81. The van der Waals surface area contributed by atoms with Crippen LogP contribution >= 0.6 is 0 Å². The second-order valence-electron chi connectivity index (χ2n) is 4.53. The van der Waals surface area contributed by atoms with Gasteiger partial charge in [-0.25, -0.2) is 0 Å². The molecule has 0 aromatic carbocycles. The van der Waals surface area contributed by atoms with Crippen LogP contribution in [0.2, 0.25) is 0 Å². The Bertz CT molecular complexity index is 381. The molecule has 0 saturated carbocycles. The molecule has 0 aliphatic carbocycles. The van der Waals surface area contributed by atoms with Gasteiger partial charge >= 0.3 is 0 Å². The molecule has 1 amide bonds. The van der Waals surface area contributed by atoms with Crippen LogP contribution < -0.4 is 5.32 Å².